The van der Waals surface area contributed by atoms with Crippen molar-refractivity contribution in [3.63, 3.8) is 0 Å². The van der Waals surface area contributed by atoms with E-state index < -0.39 is 10.0 Å². The molecule has 2 rings (SSSR count). The van der Waals surface area contributed by atoms with E-state index in [1.165, 1.54) is 4.31 Å². The summed E-state index contributed by atoms with van der Waals surface area (Å²) >= 11 is 0. The van der Waals surface area contributed by atoms with Gasteiger partial charge < -0.3 is 10.6 Å². The summed E-state index contributed by atoms with van der Waals surface area (Å²) in [6, 6.07) is 5.03. The zero-order chi connectivity index (χ0) is 14.9. The van der Waals surface area contributed by atoms with Crippen LogP contribution in [-0.4, -0.2) is 51.4 Å². The van der Waals surface area contributed by atoms with Crippen LogP contribution in [0.5, 0.6) is 0 Å². The van der Waals surface area contributed by atoms with Crippen molar-refractivity contribution < 1.29 is 8.42 Å². The summed E-state index contributed by atoms with van der Waals surface area (Å²) in [5.74, 6) is 0.404. The van der Waals surface area contributed by atoms with E-state index >= 15 is 0 Å². The first kappa shape index (κ1) is 15.3. The Bertz CT molecular complexity index is 586. The van der Waals surface area contributed by atoms with Crippen LogP contribution in [0.15, 0.2) is 23.1 Å². The Morgan fingerprint density at radius 2 is 2.15 bits per heavy atom. The minimum atomic E-state index is -3.46. The van der Waals surface area contributed by atoms with Gasteiger partial charge in [-0.1, -0.05) is 6.07 Å². The third kappa shape index (κ3) is 2.97. The molecule has 0 bridgehead atoms. The molecule has 0 spiro atoms. The minimum absolute atomic E-state index is 0.311. The first-order chi connectivity index (χ1) is 9.32. The highest BCUT2D eigenvalue weighted by molar-refractivity contribution is 7.89. The molecule has 1 aliphatic rings. The standard InChI is InChI=1S/C14H23N3O2S/c1-11-13(15)5-4-6-14(11)20(18,19)17(3)10-12-7-8-16(2)9-12/h4-6,12H,7-10,15H2,1-3H3. The molecule has 0 amide bonds. The van der Waals surface area contributed by atoms with E-state index in [0.29, 0.717) is 28.6 Å². The molecule has 1 aromatic carbocycles. The van der Waals surface area contributed by atoms with Gasteiger partial charge in [0.2, 0.25) is 10.0 Å². The zero-order valence-electron chi connectivity index (χ0n) is 12.3. The smallest absolute Gasteiger partial charge is 0.243 e. The number of likely N-dealkylation sites (tertiary alicyclic amines) is 1. The predicted molar refractivity (Wildman–Crippen MR) is 81.0 cm³/mol. The van der Waals surface area contributed by atoms with Gasteiger partial charge in [-0.25, -0.2) is 12.7 Å². The van der Waals surface area contributed by atoms with Gasteiger partial charge in [0.1, 0.15) is 0 Å². The third-order valence-corrected chi connectivity index (χ3v) is 5.99. The number of nitrogen functional groups attached to an aromatic ring is 1. The molecule has 0 aromatic heterocycles. The van der Waals surface area contributed by atoms with Crippen molar-refractivity contribution in [1.82, 2.24) is 9.21 Å². The summed E-state index contributed by atoms with van der Waals surface area (Å²) in [4.78, 5) is 2.54. The van der Waals surface area contributed by atoms with E-state index in [-0.39, 0.29) is 0 Å². The summed E-state index contributed by atoms with van der Waals surface area (Å²) in [5.41, 5.74) is 6.95. The molecule has 112 valence electrons. The fraction of sp³-hybridized carbons (Fsp3) is 0.571. The van der Waals surface area contributed by atoms with E-state index in [1.807, 2.05) is 0 Å². The van der Waals surface area contributed by atoms with Gasteiger partial charge >= 0.3 is 0 Å². The van der Waals surface area contributed by atoms with Crippen LogP contribution in [0.4, 0.5) is 5.69 Å². The normalized spacial score (nSPS) is 20.7. The van der Waals surface area contributed by atoms with E-state index in [0.717, 1.165) is 19.5 Å². The summed E-state index contributed by atoms with van der Waals surface area (Å²) in [5, 5.41) is 0. The molecule has 6 heteroatoms. The number of rotatable bonds is 4. The van der Waals surface area contributed by atoms with Gasteiger partial charge in [-0.05, 0) is 50.6 Å². The predicted octanol–water partition coefficient (Wildman–Crippen LogP) is 1.15. The number of anilines is 1. The van der Waals surface area contributed by atoms with Gasteiger partial charge in [0.15, 0.2) is 0 Å². The van der Waals surface area contributed by atoms with Gasteiger partial charge in [0, 0.05) is 25.8 Å². The molecule has 0 aliphatic carbocycles. The van der Waals surface area contributed by atoms with Crippen LogP contribution in [-0.2, 0) is 10.0 Å². The number of sulfonamides is 1. The largest absolute Gasteiger partial charge is 0.398 e. The molecule has 1 fully saturated rings. The molecule has 1 heterocycles. The maximum absolute atomic E-state index is 12.6. The number of benzene rings is 1. The molecule has 1 aromatic rings. The SMILES string of the molecule is Cc1c(N)cccc1S(=O)(=O)N(C)CC1CCN(C)C1. The Labute approximate surface area is 121 Å². The molecule has 1 atom stereocenters. The monoisotopic (exact) mass is 297 g/mol. The fourth-order valence-electron chi connectivity index (χ4n) is 2.72. The summed E-state index contributed by atoms with van der Waals surface area (Å²) in [6.45, 7) is 4.30. The van der Waals surface area contributed by atoms with Crippen molar-refractivity contribution >= 4 is 15.7 Å². The average molecular weight is 297 g/mol. The second-order valence-electron chi connectivity index (χ2n) is 5.67. The van der Waals surface area contributed by atoms with E-state index in [4.69, 9.17) is 5.73 Å². The van der Waals surface area contributed by atoms with Crippen molar-refractivity contribution in [2.45, 2.75) is 18.2 Å². The van der Waals surface area contributed by atoms with Crippen LogP contribution in [0.3, 0.4) is 0 Å². The summed E-state index contributed by atoms with van der Waals surface area (Å²) in [7, 11) is 0.253. The first-order valence-electron chi connectivity index (χ1n) is 6.82. The van der Waals surface area contributed by atoms with Crippen LogP contribution in [0.2, 0.25) is 0 Å². The van der Waals surface area contributed by atoms with Crippen LogP contribution in [0, 0.1) is 12.8 Å². The van der Waals surface area contributed by atoms with Gasteiger partial charge in [0.25, 0.3) is 0 Å². The Hall–Kier alpha value is -1.11. The summed E-state index contributed by atoms with van der Waals surface area (Å²) < 4.78 is 26.7. The Morgan fingerprint density at radius 1 is 1.45 bits per heavy atom. The topological polar surface area (TPSA) is 66.6 Å². The lowest BCUT2D eigenvalue weighted by molar-refractivity contribution is 0.356. The lowest BCUT2D eigenvalue weighted by Crippen LogP contribution is -2.33. The fourth-order valence-corrected chi connectivity index (χ4v) is 4.21. The lowest BCUT2D eigenvalue weighted by Gasteiger charge is -2.22. The van der Waals surface area contributed by atoms with Crippen molar-refractivity contribution in [3.8, 4) is 0 Å². The Balaban J connectivity index is 2.19. The third-order valence-electron chi connectivity index (χ3n) is 4.02. The van der Waals surface area contributed by atoms with Crippen molar-refractivity contribution in [3.05, 3.63) is 23.8 Å². The quantitative estimate of drug-likeness (QED) is 0.847. The maximum Gasteiger partial charge on any atom is 0.243 e. The van der Waals surface area contributed by atoms with Crippen molar-refractivity contribution in [2.24, 2.45) is 5.92 Å². The number of nitrogens with zero attached hydrogens (tertiary/aromatic N) is 2. The van der Waals surface area contributed by atoms with Crippen LogP contribution in [0.25, 0.3) is 0 Å². The first-order valence-corrected chi connectivity index (χ1v) is 8.26. The highest BCUT2D eigenvalue weighted by atomic mass is 32.2. The lowest BCUT2D eigenvalue weighted by atomic mass is 10.1. The van der Waals surface area contributed by atoms with Crippen molar-refractivity contribution in [2.75, 3.05) is 39.5 Å². The molecule has 5 nitrogen and oxygen atoms in total. The van der Waals surface area contributed by atoms with Gasteiger partial charge in [-0.2, -0.15) is 0 Å². The van der Waals surface area contributed by atoms with E-state index in [9.17, 15) is 8.42 Å². The second-order valence-corrected chi connectivity index (χ2v) is 7.69. The van der Waals surface area contributed by atoms with Gasteiger partial charge in [-0.3, -0.25) is 0 Å². The molecule has 0 radical (unpaired) electrons. The van der Waals surface area contributed by atoms with Crippen LogP contribution in [0.1, 0.15) is 12.0 Å². The van der Waals surface area contributed by atoms with Crippen LogP contribution < -0.4 is 5.73 Å². The highest BCUT2D eigenvalue weighted by Gasteiger charge is 2.28. The Kier molecular flexibility index (Phi) is 4.36. The average Bonchev–Trinajstić information content (AvgIpc) is 2.78. The molecule has 0 saturated carbocycles. The molecule has 2 N–H and O–H groups in total. The molecule has 1 saturated heterocycles. The molecule has 1 unspecified atom stereocenters. The molecule has 1 aliphatic heterocycles. The number of hydrogen-bond acceptors (Lipinski definition) is 4. The van der Waals surface area contributed by atoms with Gasteiger partial charge in [0.05, 0.1) is 4.90 Å². The van der Waals surface area contributed by atoms with E-state index in [2.05, 4.69) is 11.9 Å². The van der Waals surface area contributed by atoms with Crippen LogP contribution >= 0.6 is 0 Å². The zero-order valence-corrected chi connectivity index (χ0v) is 13.2. The summed E-state index contributed by atoms with van der Waals surface area (Å²) in [6.07, 6.45) is 1.05. The van der Waals surface area contributed by atoms with E-state index in [1.54, 1.807) is 32.2 Å². The number of hydrogen-bond donors (Lipinski definition) is 1. The minimum Gasteiger partial charge on any atom is -0.398 e. The maximum atomic E-state index is 12.6. The van der Waals surface area contributed by atoms with Gasteiger partial charge in [-0.15, -0.1) is 0 Å². The second kappa shape index (κ2) is 5.71. The van der Waals surface area contributed by atoms with Crippen molar-refractivity contribution in [1.29, 1.82) is 0 Å². The highest BCUT2D eigenvalue weighted by Crippen LogP contribution is 2.25. The molecular weight excluding hydrogens is 274 g/mol. The Morgan fingerprint density at radius 3 is 2.75 bits per heavy atom. The number of nitrogens with two attached hydrogens (primary N) is 1. The molecular formula is C14H23N3O2S. The molecule has 20 heavy (non-hydrogen) atoms.